The minimum absolute atomic E-state index is 0.0207. The van der Waals surface area contributed by atoms with Crippen molar-refractivity contribution in [3.05, 3.63) is 35.9 Å². The van der Waals surface area contributed by atoms with Gasteiger partial charge in [0.25, 0.3) is 0 Å². The molecule has 1 fully saturated rings. The first-order chi connectivity index (χ1) is 9.87. The Kier molecular flexibility index (Phi) is 4.57. The number of aliphatic hydroxyl groups is 1. The molecule has 1 aromatic carbocycles. The molecule has 0 radical (unpaired) electrons. The molecule has 1 aliphatic rings. The minimum Gasteiger partial charge on any atom is -0.394 e. The zero-order chi connectivity index (χ0) is 15.5. The van der Waals surface area contributed by atoms with Gasteiger partial charge in [0.15, 0.2) is 0 Å². The van der Waals surface area contributed by atoms with Crippen LogP contribution in [-0.2, 0) is 5.41 Å². The number of hydrogen-bond acceptors (Lipinski definition) is 2. The lowest BCUT2D eigenvalue weighted by atomic mass is 9.85. The van der Waals surface area contributed by atoms with Crippen LogP contribution in [0.15, 0.2) is 30.3 Å². The van der Waals surface area contributed by atoms with Crippen molar-refractivity contribution >= 4 is 6.03 Å². The molecule has 1 atom stereocenters. The molecular formula is C17H26N2O2. The van der Waals surface area contributed by atoms with E-state index in [1.807, 2.05) is 25.1 Å². The number of rotatable bonds is 6. The first kappa shape index (κ1) is 15.8. The van der Waals surface area contributed by atoms with E-state index >= 15 is 0 Å². The molecule has 0 bridgehead atoms. The molecule has 1 aromatic rings. The number of hydrogen-bond donors (Lipinski definition) is 3. The topological polar surface area (TPSA) is 61.4 Å². The summed E-state index contributed by atoms with van der Waals surface area (Å²) in [7, 11) is 0. The molecule has 4 heteroatoms. The fourth-order valence-electron chi connectivity index (χ4n) is 2.59. The molecule has 3 N–H and O–H groups in total. The van der Waals surface area contributed by atoms with E-state index in [0.717, 1.165) is 12.8 Å². The van der Waals surface area contributed by atoms with Crippen LogP contribution < -0.4 is 10.6 Å². The summed E-state index contributed by atoms with van der Waals surface area (Å²) in [6.45, 7) is 6.65. The van der Waals surface area contributed by atoms with E-state index in [9.17, 15) is 9.90 Å². The predicted molar refractivity (Wildman–Crippen MR) is 84.2 cm³/mol. The van der Waals surface area contributed by atoms with E-state index in [1.165, 1.54) is 5.56 Å². The zero-order valence-corrected chi connectivity index (χ0v) is 13.1. The average molecular weight is 290 g/mol. The lowest BCUT2D eigenvalue weighted by Gasteiger charge is -2.31. The third-order valence-corrected chi connectivity index (χ3v) is 4.45. The van der Waals surface area contributed by atoms with Crippen molar-refractivity contribution in [3.8, 4) is 0 Å². The van der Waals surface area contributed by atoms with Crippen LogP contribution >= 0.6 is 0 Å². The molecule has 0 aromatic heterocycles. The first-order valence-electron chi connectivity index (χ1n) is 7.60. The van der Waals surface area contributed by atoms with Crippen LogP contribution in [0.4, 0.5) is 4.79 Å². The largest absolute Gasteiger partial charge is 0.394 e. The zero-order valence-electron chi connectivity index (χ0n) is 13.1. The number of benzene rings is 1. The van der Waals surface area contributed by atoms with Crippen LogP contribution in [0.5, 0.6) is 0 Å². The molecule has 0 aliphatic heterocycles. The first-order valence-corrected chi connectivity index (χ1v) is 7.60. The molecule has 4 nitrogen and oxygen atoms in total. The smallest absolute Gasteiger partial charge is 0.315 e. The predicted octanol–water partition coefficient (Wildman–Crippen LogP) is 2.42. The van der Waals surface area contributed by atoms with Crippen LogP contribution in [0.25, 0.3) is 0 Å². The number of carbonyl (C=O) groups is 1. The van der Waals surface area contributed by atoms with E-state index in [0.29, 0.717) is 12.5 Å². The molecule has 0 heterocycles. The van der Waals surface area contributed by atoms with Gasteiger partial charge in [-0.15, -0.1) is 0 Å². The van der Waals surface area contributed by atoms with Crippen molar-refractivity contribution in [2.45, 2.75) is 44.6 Å². The Hall–Kier alpha value is -1.55. The van der Waals surface area contributed by atoms with Gasteiger partial charge in [-0.3, -0.25) is 0 Å². The SMILES string of the molecule is CC(C)(CNC(=O)NC(C)(CO)C1CC1)c1ccccc1. The highest BCUT2D eigenvalue weighted by molar-refractivity contribution is 5.75. The Bertz CT molecular complexity index is 483. The van der Waals surface area contributed by atoms with E-state index in [2.05, 4.69) is 36.6 Å². The van der Waals surface area contributed by atoms with Crippen LogP contribution in [0.3, 0.4) is 0 Å². The summed E-state index contributed by atoms with van der Waals surface area (Å²) in [5.74, 6) is 0.399. The third kappa shape index (κ3) is 3.97. The minimum atomic E-state index is -0.499. The quantitative estimate of drug-likeness (QED) is 0.753. The molecule has 2 amide bonds. The molecule has 2 rings (SSSR count). The van der Waals surface area contributed by atoms with Gasteiger partial charge in [-0.2, -0.15) is 0 Å². The number of carbonyl (C=O) groups excluding carboxylic acids is 1. The number of aliphatic hydroxyl groups excluding tert-OH is 1. The lowest BCUT2D eigenvalue weighted by molar-refractivity contribution is 0.154. The summed E-state index contributed by atoms with van der Waals surface area (Å²) in [5, 5.41) is 15.4. The van der Waals surface area contributed by atoms with Gasteiger partial charge in [0.05, 0.1) is 12.1 Å². The lowest BCUT2D eigenvalue weighted by Crippen LogP contribution is -2.55. The van der Waals surface area contributed by atoms with Gasteiger partial charge in [-0.25, -0.2) is 4.79 Å². The Balaban J connectivity index is 1.89. The maximum atomic E-state index is 12.1. The Morgan fingerprint density at radius 3 is 2.38 bits per heavy atom. The maximum Gasteiger partial charge on any atom is 0.315 e. The van der Waals surface area contributed by atoms with Gasteiger partial charge in [0.1, 0.15) is 0 Å². The average Bonchev–Trinajstić information content (AvgIpc) is 3.31. The summed E-state index contributed by atoms with van der Waals surface area (Å²) in [4.78, 5) is 12.1. The second-order valence-electron chi connectivity index (χ2n) is 6.91. The van der Waals surface area contributed by atoms with Crippen molar-refractivity contribution < 1.29 is 9.90 Å². The summed E-state index contributed by atoms with van der Waals surface area (Å²) in [6, 6.07) is 9.94. The fourth-order valence-corrected chi connectivity index (χ4v) is 2.59. The monoisotopic (exact) mass is 290 g/mol. The van der Waals surface area contributed by atoms with Crippen molar-refractivity contribution in [2.24, 2.45) is 5.92 Å². The summed E-state index contributed by atoms with van der Waals surface area (Å²) in [5.41, 5.74) is 0.562. The number of nitrogens with one attached hydrogen (secondary N) is 2. The standard InChI is InChI=1S/C17H26N2O2/c1-16(2,13-7-5-4-6-8-13)11-18-15(21)19-17(3,12-20)14-9-10-14/h4-8,14,20H,9-12H2,1-3H3,(H2,18,19,21). The second kappa shape index (κ2) is 6.06. The van der Waals surface area contributed by atoms with Crippen LogP contribution in [0.1, 0.15) is 39.2 Å². The molecule has 21 heavy (non-hydrogen) atoms. The van der Waals surface area contributed by atoms with E-state index in [-0.39, 0.29) is 18.1 Å². The van der Waals surface area contributed by atoms with E-state index in [1.54, 1.807) is 0 Å². The van der Waals surface area contributed by atoms with E-state index < -0.39 is 5.54 Å². The van der Waals surface area contributed by atoms with Crippen molar-refractivity contribution in [2.75, 3.05) is 13.2 Å². The fraction of sp³-hybridized carbons (Fsp3) is 0.588. The van der Waals surface area contributed by atoms with Gasteiger partial charge >= 0.3 is 6.03 Å². The Morgan fingerprint density at radius 2 is 1.86 bits per heavy atom. The van der Waals surface area contributed by atoms with Crippen LogP contribution in [0.2, 0.25) is 0 Å². The summed E-state index contributed by atoms with van der Waals surface area (Å²) >= 11 is 0. The maximum absolute atomic E-state index is 12.1. The molecular weight excluding hydrogens is 264 g/mol. The van der Waals surface area contributed by atoms with Crippen LogP contribution in [0, 0.1) is 5.92 Å². The van der Waals surface area contributed by atoms with Crippen LogP contribution in [-0.4, -0.2) is 29.8 Å². The molecule has 1 unspecified atom stereocenters. The van der Waals surface area contributed by atoms with Crippen molar-refractivity contribution in [3.63, 3.8) is 0 Å². The summed E-state index contributed by atoms with van der Waals surface area (Å²) in [6.07, 6.45) is 2.15. The van der Waals surface area contributed by atoms with Gasteiger partial charge < -0.3 is 15.7 Å². The van der Waals surface area contributed by atoms with Gasteiger partial charge in [0.2, 0.25) is 0 Å². The molecule has 0 spiro atoms. The highest BCUT2D eigenvalue weighted by Gasteiger charge is 2.42. The molecule has 1 aliphatic carbocycles. The number of urea groups is 1. The molecule has 116 valence electrons. The normalized spacial score (nSPS) is 17.9. The third-order valence-electron chi connectivity index (χ3n) is 4.45. The Morgan fingerprint density at radius 1 is 1.24 bits per heavy atom. The second-order valence-corrected chi connectivity index (χ2v) is 6.91. The molecule has 1 saturated carbocycles. The molecule has 0 saturated heterocycles. The number of amides is 2. The van der Waals surface area contributed by atoms with Crippen molar-refractivity contribution in [1.29, 1.82) is 0 Å². The summed E-state index contributed by atoms with van der Waals surface area (Å²) < 4.78 is 0. The van der Waals surface area contributed by atoms with E-state index in [4.69, 9.17) is 0 Å². The Labute approximate surface area is 126 Å². The van der Waals surface area contributed by atoms with Crippen molar-refractivity contribution in [1.82, 2.24) is 10.6 Å². The van der Waals surface area contributed by atoms with Gasteiger partial charge in [-0.05, 0) is 31.2 Å². The highest BCUT2D eigenvalue weighted by atomic mass is 16.3. The van der Waals surface area contributed by atoms with Gasteiger partial charge in [0, 0.05) is 12.0 Å². The highest BCUT2D eigenvalue weighted by Crippen LogP contribution is 2.39. The van der Waals surface area contributed by atoms with Gasteiger partial charge in [-0.1, -0.05) is 44.2 Å².